The molecular formula is C14H14KNO4S2. The zero-order valence-corrected chi connectivity index (χ0v) is 17.2. The Kier molecular flexibility index (Phi) is 6.56. The summed E-state index contributed by atoms with van der Waals surface area (Å²) < 4.78 is 48.2. The summed E-state index contributed by atoms with van der Waals surface area (Å²) in [6, 6.07) is 10.0. The molecule has 2 rings (SSSR count). The molecule has 0 unspecified atom stereocenters. The van der Waals surface area contributed by atoms with Gasteiger partial charge >= 0.3 is 51.4 Å². The molecule has 0 radical (unpaired) electrons. The fraction of sp³-hybridized carbons (Fsp3) is 0.143. The molecule has 2 aromatic rings. The van der Waals surface area contributed by atoms with Crippen molar-refractivity contribution in [1.29, 1.82) is 0 Å². The molecule has 2 aromatic carbocycles. The molecule has 1 N–H and O–H groups in total. The van der Waals surface area contributed by atoms with Crippen molar-refractivity contribution >= 4 is 19.9 Å². The van der Waals surface area contributed by atoms with E-state index in [0.29, 0.717) is 5.56 Å². The first-order valence-corrected chi connectivity index (χ1v) is 9.01. The topological polar surface area (TPSA) is 92.1 Å². The van der Waals surface area contributed by atoms with Crippen LogP contribution >= 0.6 is 0 Å². The van der Waals surface area contributed by atoms with E-state index in [1.807, 2.05) is 6.92 Å². The van der Waals surface area contributed by atoms with Gasteiger partial charge in [-0.05, 0) is 43.7 Å². The van der Waals surface area contributed by atoms with E-state index < -0.39 is 24.8 Å². The van der Waals surface area contributed by atoms with Crippen LogP contribution in [0.5, 0.6) is 0 Å². The molecule has 112 valence electrons. The van der Waals surface area contributed by atoms with Crippen LogP contribution in [0, 0.1) is 13.8 Å². The quantitative estimate of drug-likeness (QED) is 0.711. The monoisotopic (exact) mass is 363 g/mol. The van der Waals surface area contributed by atoms with E-state index in [1.165, 1.54) is 24.3 Å². The van der Waals surface area contributed by atoms with Gasteiger partial charge in [-0.2, -0.15) is 0 Å². The molecule has 0 spiro atoms. The maximum absolute atomic E-state index is 12.6. The van der Waals surface area contributed by atoms with Crippen LogP contribution in [0.3, 0.4) is 0 Å². The molecule has 0 aromatic heterocycles. The number of benzene rings is 2. The summed E-state index contributed by atoms with van der Waals surface area (Å²) in [5.41, 5.74) is 1.50. The third-order valence-electron chi connectivity index (χ3n) is 3.01. The van der Waals surface area contributed by atoms with Gasteiger partial charge in [-0.3, -0.25) is 0 Å². The average molecular weight is 364 g/mol. The standard InChI is InChI=1S/C14H14NO4S2.K/c1-10-3-6-12(7-4-10)20(16,17)14-9-11(2)5-8-13(14)21(15,18)19;/h3-9H,1-2H3,(H-,15,18,19);/q-1;+1. The van der Waals surface area contributed by atoms with Crippen molar-refractivity contribution < 1.29 is 68.2 Å². The van der Waals surface area contributed by atoms with Gasteiger partial charge in [-0.15, -0.1) is 0 Å². The second-order valence-corrected chi connectivity index (χ2v) is 8.13. The molecule has 22 heavy (non-hydrogen) atoms. The van der Waals surface area contributed by atoms with Gasteiger partial charge in [0.25, 0.3) is 0 Å². The zero-order chi connectivity index (χ0) is 15.8. The predicted octanol–water partition coefficient (Wildman–Crippen LogP) is -0.119. The summed E-state index contributed by atoms with van der Waals surface area (Å²) >= 11 is 0. The van der Waals surface area contributed by atoms with Gasteiger partial charge in [-0.25, -0.2) is 16.8 Å². The van der Waals surface area contributed by atoms with Crippen molar-refractivity contribution in [1.82, 2.24) is 0 Å². The van der Waals surface area contributed by atoms with E-state index in [1.54, 1.807) is 19.1 Å². The Hall–Kier alpha value is -0.0636. The van der Waals surface area contributed by atoms with Crippen LogP contribution in [0.15, 0.2) is 57.2 Å². The maximum Gasteiger partial charge on any atom is 1.00 e. The summed E-state index contributed by atoms with van der Waals surface area (Å²) in [4.78, 5) is -0.862. The van der Waals surface area contributed by atoms with E-state index in [0.717, 1.165) is 11.6 Å². The van der Waals surface area contributed by atoms with Crippen molar-refractivity contribution in [3.63, 3.8) is 0 Å². The van der Waals surface area contributed by atoms with Gasteiger partial charge in [0.05, 0.1) is 24.7 Å². The van der Waals surface area contributed by atoms with E-state index in [9.17, 15) is 16.8 Å². The molecule has 0 amide bonds. The summed E-state index contributed by atoms with van der Waals surface area (Å²) in [5.74, 6) is 0. The minimum atomic E-state index is -4.38. The summed E-state index contributed by atoms with van der Waals surface area (Å²) in [7, 11) is -8.37. The Morgan fingerprint density at radius 2 is 1.27 bits per heavy atom. The van der Waals surface area contributed by atoms with E-state index in [-0.39, 0.29) is 61.2 Å². The number of sulfonamides is 1. The molecule has 0 bridgehead atoms. The molecule has 0 heterocycles. The Morgan fingerprint density at radius 3 is 1.77 bits per heavy atom. The smallest absolute Gasteiger partial charge is 0.560 e. The summed E-state index contributed by atoms with van der Waals surface area (Å²) in [6.45, 7) is 3.48. The molecule has 0 saturated heterocycles. The van der Waals surface area contributed by atoms with Crippen molar-refractivity contribution in [2.24, 2.45) is 0 Å². The van der Waals surface area contributed by atoms with Gasteiger partial charge in [0.15, 0.2) is 0 Å². The van der Waals surface area contributed by atoms with E-state index in [4.69, 9.17) is 5.14 Å². The SMILES string of the molecule is Cc1ccc(S(=O)(=O)c2cc(C)ccc2S([NH-])(=O)=O)cc1.[K+]. The Balaban J connectivity index is 0.00000242. The molecule has 0 atom stereocenters. The number of hydrogen-bond acceptors (Lipinski definition) is 4. The van der Waals surface area contributed by atoms with Gasteiger partial charge in [0.1, 0.15) is 0 Å². The van der Waals surface area contributed by atoms with Crippen molar-refractivity contribution in [3.8, 4) is 0 Å². The van der Waals surface area contributed by atoms with Crippen LogP contribution in [0.25, 0.3) is 5.14 Å². The molecule has 0 fully saturated rings. The summed E-state index contributed by atoms with van der Waals surface area (Å²) in [6.07, 6.45) is 0. The summed E-state index contributed by atoms with van der Waals surface area (Å²) in [5, 5.41) is 7.17. The number of aryl methyl sites for hydroxylation is 2. The van der Waals surface area contributed by atoms with E-state index >= 15 is 0 Å². The van der Waals surface area contributed by atoms with Crippen molar-refractivity contribution in [3.05, 3.63) is 58.7 Å². The zero-order valence-electron chi connectivity index (χ0n) is 12.5. The Labute approximate surface area is 173 Å². The molecule has 0 saturated carbocycles. The Bertz CT molecular complexity index is 889. The number of rotatable bonds is 3. The first-order chi connectivity index (χ1) is 9.62. The number of sulfone groups is 1. The fourth-order valence-corrected chi connectivity index (χ4v) is 4.54. The molecular weight excluding hydrogens is 349 g/mol. The minimum Gasteiger partial charge on any atom is -0.560 e. The third kappa shape index (κ3) is 4.27. The molecule has 8 heteroatoms. The molecule has 0 aliphatic heterocycles. The largest absolute Gasteiger partial charge is 1.00 e. The van der Waals surface area contributed by atoms with Gasteiger partial charge in [-0.1, -0.05) is 23.8 Å². The Morgan fingerprint density at radius 1 is 0.773 bits per heavy atom. The third-order valence-corrected chi connectivity index (χ3v) is 5.88. The normalized spacial score (nSPS) is 11.8. The van der Waals surface area contributed by atoms with Crippen molar-refractivity contribution in [2.75, 3.05) is 0 Å². The molecule has 0 aliphatic rings. The van der Waals surface area contributed by atoms with Crippen LogP contribution < -0.4 is 51.4 Å². The van der Waals surface area contributed by atoms with Gasteiger partial charge < -0.3 is 5.14 Å². The first kappa shape index (κ1) is 20.0. The second-order valence-electron chi connectivity index (χ2n) is 4.77. The maximum atomic E-state index is 12.6. The van der Waals surface area contributed by atoms with Crippen LogP contribution in [0.4, 0.5) is 0 Å². The molecule has 5 nitrogen and oxygen atoms in total. The predicted molar refractivity (Wildman–Crippen MR) is 79.3 cm³/mol. The number of hydrogen-bond donors (Lipinski definition) is 0. The van der Waals surface area contributed by atoms with Crippen LogP contribution in [0.1, 0.15) is 11.1 Å². The molecule has 0 aliphatic carbocycles. The van der Waals surface area contributed by atoms with Crippen LogP contribution in [-0.4, -0.2) is 16.8 Å². The van der Waals surface area contributed by atoms with E-state index in [2.05, 4.69) is 0 Å². The van der Waals surface area contributed by atoms with Crippen molar-refractivity contribution in [2.45, 2.75) is 28.5 Å². The van der Waals surface area contributed by atoms with Gasteiger partial charge in [0, 0.05) is 0 Å². The fourth-order valence-electron chi connectivity index (χ4n) is 1.89. The van der Waals surface area contributed by atoms with Gasteiger partial charge in [0.2, 0.25) is 9.84 Å². The first-order valence-electron chi connectivity index (χ1n) is 6.04. The average Bonchev–Trinajstić information content (AvgIpc) is 2.37. The second kappa shape index (κ2) is 7.23. The minimum absolute atomic E-state index is 0. The van der Waals surface area contributed by atoms with Crippen LogP contribution in [0.2, 0.25) is 0 Å². The number of nitrogens with one attached hydrogen (secondary N) is 1. The van der Waals surface area contributed by atoms with Crippen LogP contribution in [-0.2, 0) is 19.9 Å².